The van der Waals surface area contributed by atoms with Crippen LogP contribution in [0.2, 0.25) is 0 Å². The highest BCUT2D eigenvalue weighted by molar-refractivity contribution is 5.24. The third-order valence-electron chi connectivity index (χ3n) is 3.25. The molecule has 1 aromatic rings. The summed E-state index contributed by atoms with van der Waals surface area (Å²) in [4.78, 5) is 0. The fourth-order valence-corrected chi connectivity index (χ4v) is 2.17. The van der Waals surface area contributed by atoms with Crippen LogP contribution in [0.25, 0.3) is 0 Å². The van der Waals surface area contributed by atoms with Crippen LogP contribution in [0.5, 0.6) is 0 Å². The molecule has 2 atom stereocenters. The van der Waals surface area contributed by atoms with Crippen molar-refractivity contribution in [1.29, 1.82) is 0 Å². The van der Waals surface area contributed by atoms with Gasteiger partial charge in [-0.1, -0.05) is 37.6 Å². The minimum Gasteiger partial charge on any atom is -0.383 e. The van der Waals surface area contributed by atoms with E-state index in [1.165, 1.54) is 30.4 Å². The Morgan fingerprint density at radius 1 is 1.17 bits per heavy atom. The summed E-state index contributed by atoms with van der Waals surface area (Å²) in [6.45, 7) is 7.33. The highest BCUT2D eigenvalue weighted by Gasteiger charge is 2.08. The number of aryl methyl sites for hydroxylation is 1. The van der Waals surface area contributed by atoms with Crippen molar-refractivity contribution < 1.29 is 4.74 Å². The molecular weight excluding hydrogens is 222 g/mol. The largest absolute Gasteiger partial charge is 0.383 e. The quantitative estimate of drug-likeness (QED) is 0.758. The molecule has 2 unspecified atom stereocenters. The van der Waals surface area contributed by atoms with Gasteiger partial charge in [0.2, 0.25) is 0 Å². The fraction of sp³-hybridized carbons (Fsp3) is 0.625. The highest BCUT2D eigenvalue weighted by Crippen LogP contribution is 2.15. The van der Waals surface area contributed by atoms with E-state index in [0.717, 1.165) is 6.61 Å². The molecule has 0 heterocycles. The Morgan fingerprint density at radius 2 is 1.83 bits per heavy atom. The van der Waals surface area contributed by atoms with Crippen molar-refractivity contribution in [2.75, 3.05) is 13.7 Å². The van der Waals surface area contributed by atoms with Crippen LogP contribution in [0.1, 0.15) is 50.8 Å². The zero-order chi connectivity index (χ0) is 13.4. The van der Waals surface area contributed by atoms with Crippen LogP contribution in [0, 0.1) is 0 Å². The minimum absolute atomic E-state index is 0.371. The van der Waals surface area contributed by atoms with Crippen LogP contribution < -0.4 is 5.32 Å². The zero-order valence-electron chi connectivity index (χ0n) is 12.2. The van der Waals surface area contributed by atoms with E-state index in [1.54, 1.807) is 7.11 Å². The third-order valence-corrected chi connectivity index (χ3v) is 3.25. The van der Waals surface area contributed by atoms with Crippen LogP contribution in [-0.2, 0) is 11.2 Å². The van der Waals surface area contributed by atoms with E-state index < -0.39 is 0 Å². The second-order valence-corrected chi connectivity index (χ2v) is 5.09. The second kappa shape index (κ2) is 8.28. The topological polar surface area (TPSA) is 21.3 Å². The maximum atomic E-state index is 5.14. The van der Waals surface area contributed by atoms with Crippen LogP contribution >= 0.6 is 0 Å². The minimum atomic E-state index is 0.371. The number of nitrogens with one attached hydrogen (secondary N) is 1. The van der Waals surface area contributed by atoms with Gasteiger partial charge in [-0.15, -0.1) is 0 Å². The predicted molar refractivity (Wildman–Crippen MR) is 77.9 cm³/mol. The SMILES string of the molecule is CCCCc1ccc(C(C)NC(C)COC)cc1. The second-order valence-electron chi connectivity index (χ2n) is 5.09. The van der Waals surface area contributed by atoms with Gasteiger partial charge < -0.3 is 10.1 Å². The molecule has 0 saturated carbocycles. The summed E-state index contributed by atoms with van der Waals surface area (Å²) in [7, 11) is 1.74. The molecule has 1 N–H and O–H groups in total. The first-order valence-corrected chi connectivity index (χ1v) is 7.01. The number of rotatable bonds is 8. The van der Waals surface area contributed by atoms with Gasteiger partial charge in [0, 0.05) is 19.2 Å². The van der Waals surface area contributed by atoms with Gasteiger partial charge in [-0.2, -0.15) is 0 Å². The maximum absolute atomic E-state index is 5.14. The molecule has 0 aliphatic carbocycles. The summed E-state index contributed by atoms with van der Waals surface area (Å²) in [6.07, 6.45) is 3.73. The number of unbranched alkanes of at least 4 members (excludes halogenated alkanes) is 1. The van der Waals surface area contributed by atoms with Crippen molar-refractivity contribution in [1.82, 2.24) is 5.32 Å². The highest BCUT2D eigenvalue weighted by atomic mass is 16.5. The molecule has 18 heavy (non-hydrogen) atoms. The van der Waals surface area contributed by atoms with E-state index in [0.29, 0.717) is 12.1 Å². The molecule has 0 saturated heterocycles. The first kappa shape index (κ1) is 15.2. The molecule has 1 aromatic carbocycles. The van der Waals surface area contributed by atoms with Gasteiger partial charge in [0.15, 0.2) is 0 Å². The normalized spacial score (nSPS) is 14.4. The molecule has 2 heteroatoms. The summed E-state index contributed by atoms with van der Waals surface area (Å²) in [5.41, 5.74) is 2.79. The lowest BCUT2D eigenvalue weighted by Gasteiger charge is -2.20. The van der Waals surface area contributed by atoms with E-state index in [1.807, 2.05) is 0 Å². The summed E-state index contributed by atoms with van der Waals surface area (Å²) >= 11 is 0. The van der Waals surface area contributed by atoms with E-state index in [2.05, 4.69) is 50.4 Å². The Kier molecular flexibility index (Phi) is 6.99. The Labute approximate surface area is 112 Å². The van der Waals surface area contributed by atoms with E-state index in [9.17, 15) is 0 Å². The van der Waals surface area contributed by atoms with Crippen molar-refractivity contribution >= 4 is 0 Å². The molecule has 0 aromatic heterocycles. The number of hydrogen-bond acceptors (Lipinski definition) is 2. The lowest BCUT2D eigenvalue weighted by atomic mass is 10.0. The fourth-order valence-electron chi connectivity index (χ4n) is 2.17. The van der Waals surface area contributed by atoms with Gasteiger partial charge in [-0.3, -0.25) is 0 Å². The lowest BCUT2D eigenvalue weighted by Crippen LogP contribution is -2.32. The maximum Gasteiger partial charge on any atom is 0.0613 e. The van der Waals surface area contributed by atoms with Gasteiger partial charge in [0.1, 0.15) is 0 Å². The first-order chi connectivity index (χ1) is 8.67. The van der Waals surface area contributed by atoms with Gasteiger partial charge in [0.25, 0.3) is 0 Å². The molecule has 0 aliphatic rings. The molecule has 1 rings (SSSR count). The molecule has 0 spiro atoms. The van der Waals surface area contributed by atoms with E-state index in [4.69, 9.17) is 4.74 Å². The van der Waals surface area contributed by atoms with Gasteiger partial charge >= 0.3 is 0 Å². The molecule has 0 amide bonds. The van der Waals surface area contributed by atoms with Gasteiger partial charge in [-0.05, 0) is 37.8 Å². The summed E-state index contributed by atoms with van der Waals surface area (Å²) < 4.78 is 5.14. The molecule has 0 aliphatic heterocycles. The lowest BCUT2D eigenvalue weighted by molar-refractivity contribution is 0.168. The predicted octanol–water partition coefficient (Wildman–Crippen LogP) is 3.71. The smallest absolute Gasteiger partial charge is 0.0613 e. The molecule has 2 nitrogen and oxygen atoms in total. The number of ether oxygens (including phenoxy) is 1. The van der Waals surface area contributed by atoms with Crippen molar-refractivity contribution in [3.05, 3.63) is 35.4 Å². The molecule has 0 fully saturated rings. The molecule has 0 radical (unpaired) electrons. The van der Waals surface area contributed by atoms with Crippen molar-refractivity contribution in [3.63, 3.8) is 0 Å². The Balaban J connectivity index is 2.50. The zero-order valence-corrected chi connectivity index (χ0v) is 12.2. The van der Waals surface area contributed by atoms with Crippen molar-refractivity contribution in [3.8, 4) is 0 Å². The van der Waals surface area contributed by atoms with Crippen molar-refractivity contribution in [2.45, 2.75) is 52.1 Å². The van der Waals surface area contributed by atoms with E-state index in [-0.39, 0.29) is 0 Å². The first-order valence-electron chi connectivity index (χ1n) is 7.01. The average Bonchev–Trinajstić information content (AvgIpc) is 2.37. The Hall–Kier alpha value is -0.860. The van der Waals surface area contributed by atoms with Crippen LogP contribution in [0.15, 0.2) is 24.3 Å². The van der Waals surface area contributed by atoms with Gasteiger partial charge in [0.05, 0.1) is 6.61 Å². The number of benzene rings is 1. The number of methoxy groups -OCH3 is 1. The van der Waals surface area contributed by atoms with Crippen LogP contribution in [-0.4, -0.2) is 19.8 Å². The van der Waals surface area contributed by atoms with Gasteiger partial charge in [-0.25, -0.2) is 0 Å². The van der Waals surface area contributed by atoms with Crippen LogP contribution in [0.3, 0.4) is 0 Å². The summed E-state index contributed by atoms with van der Waals surface area (Å²) in [6, 6.07) is 9.73. The number of hydrogen-bond donors (Lipinski definition) is 1. The average molecular weight is 249 g/mol. The van der Waals surface area contributed by atoms with E-state index >= 15 is 0 Å². The summed E-state index contributed by atoms with van der Waals surface area (Å²) in [5.74, 6) is 0. The molecular formula is C16H27NO. The third kappa shape index (κ3) is 5.19. The van der Waals surface area contributed by atoms with Crippen LogP contribution in [0.4, 0.5) is 0 Å². The Bertz CT molecular complexity index is 320. The van der Waals surface area contributed by atoms with Crippen molar-refractivity contribution in [2.24, 2.45) is 0 Å². The monoisotopic (exact) mass is 249 g/mol. The molecule has 0 bridgehead atoms. The molecule has 102 valence electrons. The summed E-state index contributed by atoms with van der Waals surface area (Å²) in [5, 5.41) is 3.53. The standard InChI is InChI=1S/C16H27NO/c1-5-6-7-15-8-10-16(11-9-15)14(3)17-13(2)12-18-4/h8-11,13-14,17H,5-7,12H2,1-4H3. The Morgan fingerprint density at radius 3 is 2.39 bits per heavy atom.